The van der Waals surface area contributed by atoms with E-state index in [1.807, 2.05) is 37.3 Å². The highest BCUT2D eigenvalue weighted by Gasteiger charge is 2.39. The molecular weight excluding hydrogens is 370 g/mol. The van der Waals surface area contributed by atoms with Gasteiger partial charge in [-0.3, -0.25) is 19.7 Å². The molecule has 0 radical (unpaired) electrons. The van der Waals surface area contributed by atoms with Crippen LogP contribution in [0, 0.1) is 6.92 Å². The summed E-state index contributed by atoms with van der Waals surface area (Å²) >= 11 is 0. The molecule has 1 aliphatic rings. The summed E-state index contributed by atoms with van der Waals surface area (Å²) in [6.45, 7) is 3.64. The van der Waals surface area contributed by atoms with E-state index in [4.69, 9.17) is 0 Å². The van der Waals surface area contributed by atoms with Crippen molar-refractivity contribution < 1.29 is 9.59 Å². The number of rotatable bonds is 4. The van der Waals surface area contributed by atoms with Crippen LogP contribution >= 0.6 is 0 Å². The number of carbonyl (C=O) groups is 2. The highest BCUT2D eigenvalue weighted by Crippen LogP contribution is 2.32. The van der Waals surface area contributed by atoms with E-state index in [9.17, 15) is 9.59 Å². The number of carbonyl (C=O) groups excluding carboxylic acids is 2. The first-order chi connectivity index (χ1) is 14.0. The highest BCUT2D eigenvalue weighted by atomic mass is 16.2. The fourth-order valence-corrected chi connectivity index (χ4v) is 3.50. The van der Waals surface area contributed by atoms with Crippen LogP contribution in [-0.2, 0) is 4.79 Å². The molecule has 0 aliphatic carbocycles. The van der Waals surface area contributed by atoms with E-state index in [2.05, 4.69) is 30.5 Å². The van der Waals surface area contributed by atoms with E-state index in [-0.39, 0.29) is 29.6 Å². The fourth-order valence-electron chi connectivity index (χ4n) is 3.50. The Hall–Kier alpha value is -3.62. The van der Waals surface area contributed by atoms with Gasteiger partial charge in [-0.25, -0.2) is 9.97 Å². The van der Waals surface area contributed by atoms with Gasteiger partial charge in [0.15, 0.2) is 5.82 Å². The largest absolute Gasteiger partial charge is 0.352 e. The van der Waals surface area contributed by atoms with E-state index in [0.29, 0.717) is 24.6 Å². The topological polar surface area (TPSA) is 117 Å². The number of nitrogens with one attached hydrogen (secondary N) is 2. The van der Waals surface area contributed by atoms with Crippen LogP contribution in [0.15, 0.2) is 42.7 Å². The lowest BCUT2D eigenvalue weighted by Gasteiger charge is -2.22. The molecule has 3 aromatic rings. The van der Waals surface area contributed by atoms with E-state index in [1.165, 1.54) is 13.1 Å². The predicted octanol–water partition coefficient (Wildman–Crippen LogP) is 1.66. The van der Waals surface area contributed by atoms with Crippen LogP contribution < -0.4 is 5.32 Å². The van der Waals surface area contributed by atoms with Crippen molar-refractivity contribution in [1.29, 1.82) is 0 Å². The quantitative estimate of drug-likeness (QED) is 0.699. The summed E-state index contributed by atoms with van der Waals surface area (Å²) in [5.41, 5.74) is 1.87. The molecule has 3 heterocycles. The maximum absolute atomic E-state index is 13.1. The molecule has 148 valence electrons. The van der Waals surface area contributed by atoms with Gasteiger partial charge in [-0.2, -0.15) is 5.10 Å². The number of nitrogens with zero attached hydrogens (tertiary/aromatic N) is 5. The van der Waals surface area contributed by atoms with E-state index >= 15 is 0 Å². The number of aromatic nitrogens is 5. The second-order valence-corrected chi connectivity index (χ2v) is 7.06. The molecule has 2 N–H and O–H groups in total. The summed E-state index contributed by atoms with van der Waals surface area (Å²) in [4.78, 5) is 39.3. The second kappa shape index (κ2) is 7.78. The standard InChI is InChI=1S/C20H21N7O2/c1-12-9-22-16(10-21-12)20(29)27-11-15(23-13(2)28)8-17(27)19-24-18(25-26-19)14-6-4-3-5-7-14/h3-7,9-10,15,17H,8,11H2,1-2H3,(H,23,28)(H,24,25,26)/t15-,17-/m0/s1. The molecule has 0 unspecified atom stereocenters. The van der Waals surface area contributed by atoms with Crippen LogP contribution in [0.4, 0.5) is 0 Å². The Morgan fingerprint density at radius 3 is 2.66 bits per heavy atom. The third kappa shape index (κ3) is 3.98. The summed E-state index contributed by atoms with van der Waals surface area (Å²) in [5, 5.41) is 10.2. The molecule has 1 saturated heterocycles. The first kappa shape index (κ1) is 18.7. The minimum Gasteiger partial charge on any atom is -0.352 e. The van der Waals surface area contributed by atoms with Crippen molar-refractivity contribution in [2.75, 3.05) is 6.54 Å². The molecule has 0 saturated carbocycles. The van der Waals surface area contributed by atoms with Crippen molar-refractivity contribution in [3.05, 3.63) is 59.9 Å². The number of aromatic amines is 1. The molecule has 2 aromatic heterocycles. The third-order valence-electron chi connectivity index (χ3n) is 4.82. The Balaban J connectivity index is 1.63. The average molecular weight is 391 g/mol. The summed E-state index contributed by atoms with van der Waals surface area (Å²) in [5.74, 6) is 0.741. The smallest absolute Gasteiger partial charge is 0.274 e. The zero-order valence-corrected chi connectivity index (χ0v) is 16.2. The molecule has 1 fully saturated rings. The Labute approximate surface area is 167 Å². The van der Waals surface area contributed by atoms with Gasteiger partial charge in [-0.1, -0.05) is 30.3 Å². The molecule has 29 heavy (non-hydrogen) atoms. The summed E-state index contributed by atoms with van der Waals surface area (Å²) in [7, 11) is 0. The molecule has 9 heteroatoms. The van der Waals surface area contributed by atoms with Gasteiger partial charge in [0.05, 0.1) is 17.9 Å². The first-order valence-electron chi connectivity index (χ1n) is 9.35. The molecule has 0 bridgehead atoms. The number of benzene rings is 1. The van der Waals surface area contributed by atoms with Gasteiger partial charge in [0.25, 0.3) is 5.91 Å². The van der Waals surface area contributed by atoms with E-state index in [1.54, 1.807) is 11.1 Å². The van der Waals surface area contributed by atoms with Gasteiger partial charge in [0.1, 0.15) is 11.5 Å². The zero-order valence-electron chi connectivity index (χ0n) is 16.2. The molecular formula is C20H21N7O2. The SMILES string of the molecule is CC(=O)N[C@H]1C[C@@H](c2nc(-c3ccccc3)n[nH]2)N(C(=O)c2cnc(C)cn2)C1. The average Bonchev–Trinajstić information content (AvgIpc) is 3.35. The number of H-pyrrole nitrogens is 1. The lowest BCUT2D eigenvalue weighted by Crippen LogP contribution is -2.38. The maximum Gasteiger partial charge on any atom is 0.274 e. The lowest BCUT2D eigenvalue weighted by molar-refractivity contribution is -0.119. The first-order valence-corrected chi connectivity index (χ1v) is 9.35. The number of aryl methyl sites for hydroxylation is 1. The number of hydrogen-bond acceptors (Lipinski definition) is 6. The van der Waals surface area contributed by atoms with Crippen LogP contribution in [0.5, 0.6) is 0 Å². The number of likely N-dealkylation sites (tertiary alicyclic amines) is 1. The molecule has 2 atom stereocenters. The van der Waals surface area contributed by atoms with Crippen LogP contribution in [-0.4, -0.2) is 54.5 Å². The van der Waals surface area contributed by atoms with Gasteiger partial charge in [0, 0.05) is 31.3 Å². The van der Waals surface area contributed by atoms with Crippen molar-refractivity contribution >= 4 is 11.8 Å². The fraction of sp³-hybridized carbons (Fsp3) is 0.300. The normalized spacial score (nSPS) is 18.6. The summed E-state index contributed by atoms with van der Waals surface area (Å²) in [6.07, 6.45) is 3.57. The van der Waals surface area contributed by atoms with Crippen molar-refractivity contribution in [3.63, 3.8) is 0 Å². The van der Waals surface area contributed by atoms with Crippen molar-refractivity contribution in [1.82, 2.24) is 35.4 Å². The van der Waals surface area contributed by atoms with Gasteiger partial charge in [-0.05, 0) is 13.3 Å². The van der Waals surface area contributed by atoms with Crippen molar-refractivity contribution in [3.8, 4) is 11.4 Å². The van der Waals surface area contributed by atoms with Gasteiger partial charge in [-0.15, -0.1) is 0 Å². The van der Waals surface area contributed by atoms with Crippen LogP contribution in [0.25, 0.3) is 11.4 Å². The highest BCUT2D eigenvalue weighted by molar-refractivity contribution is 5.92. The minimum absolute atomic E-state index is 0.138. The molecule has 1 aromatic carbocycles. The van der Waals surface area contributed by atoms with Crippen LogP contribution in [0.1, 0.15) is 41.4 Å². The Kier molecular flexibility index (Phi) is 5.03. The van der Waals surface area contributed by atoms with Gasteiger partial charge < -0.3 is 10.2 Å². The maximum atomic E-state index is 13.1. The minimum atomic E-state index is -0.354. The summed E-state index contributed by atoms with van der Waals surface area (Å²) in [6, 6.07) is 9.07. The van der Waals surface area contributed by atoms with Crippen LogP contribution in [0.2, 0.25) is 0 Å². The second-order valence-electron chi connectivity index (χ2n) is 7.06. The molecule has 9 nitrogen and oxygen atoms in total. The monoisotopic (exact) mass is 391 g/mol. The van der Waals surface area contributed by atoms with Gasteiger partial charge in [0.2, 0.25) is 5.91 Å². The van der Waals surface area contributed by atoms with E-state index < -0.39 is 0 Å². The van der Waals surface area contributed by atoms with Crippen molar-refractivity contribution in [2.24, 2.45) is 0 Å². The molecule has 1 aliphatic heterocycles. The van der Waals surface area contributed by atoms with Crippen LogP contribution in [0.3, 0.4) is 0 Å². The zero-order chi connectivity index (χ0) is 20.4. The predicted molar refractivity (Wildman–Crippen MR) is 105 cm³/mol. The number of amides is 2. The molecule has 2 amide bonds. The van der Waals surface area contributed by atoms with Crippen molar-refractivity contribution in [2.45, 2.75) is 32.4 Å². The number of hydrogen-bond donors (Lipinski definition) is 2. The Morgan fingerprint density at radius 1 is 1.17 bits per heavy atom. The summed E-state index contributed by atoms with van der Waals surface area (Å²) < 4.78 is 0. The molecule has 4 rings (SSSR count). The van der Waals surface area contributed by atoms with E-state index in [0.717, 1.165) is 11.3 Å². The Bertz CT molecular complexity index is 1020. The Morgan fingerprint density at radius 2 is 1.97 bits per heavy atom. The lowest BCUT2D eigenvalue weighted by atomic mass is 10.1. The third-order valence-corrected chi connectivity index (χ3v) is 4.82. The molecule has 0 spiro atoms. The van der Waals surface area contributed by atoms with Gasteiger partial charge >= 0.3 is 0 Å².